The first-order valence-corrected chi connectivity index (χ1v) is 10.4. The van der Waals surface area contributed by atoms with Gasteiger partial charge in [-0.1, -0.05) is 24.3 Å². The van der Waals surface area contributed by atoms with Crippen LogP contribution < -0.4 is 24.8 Å². The Morgan fingerprint density at radius 1 is 0.879 bits per heavy atom. The van der Waals surface area contributed by atoms with Crippen LogP contribution in [0.5, 0.6) is 17.2 Å². The van der Waals surface area contributed by atoms with Crippen molar-refractivity contribution >= 4 is 56.9 Å². The molecule has 1 aromatic heterocycles. The second-order valence-corrected chi connectivity index (χ2v) is 7.45. The summed E-state index contributed by atoms with van der Waals surface area (Å²) in [6, 6.07) is 16.8. The number of rotatable bonds is 6. The number of hydrogen-bond donors (Lipinski definition) is 2. The van der Waals surface area contributed by atoms with Crippen LogP contribution in [0.15, 0.2) is 65.1 Å². The lowest BCUT2D eigenvalue weighted by Gasteiger charge is -2.12. The van der Waals surface area contributed by atoms with Crippen molar-refractivity contribution < 1.29 is 23.4 Å². The largest absolute Gasteiger partial charge is 0.495 e. The molecule has 0 bridgehead atoms. The van der Waals surface area contributed by atoms with E-state index in [4.69, 9.17) is 30.8 Å². The molecule has 2 N–H and O–H groups in total. The highest BCUT2D eigenvalue weighted by atomic mass is 32.1. The van der Waals surface area contributed by atoms with Crippen LogP contribution in [-0.2, 0) is 4.79 Å². The van der Waals surface area contributed by atoms with Crippen LogP contribution in [0.4, 0.5) is 5.69 Å². The molecule has 1 heterocycles. The molecule has 7 nitrogen and oxygen atoms in total. The fourth-order valence-corrected chi connectivity index (χ4v) is 3.66. The van der Waals surface area contributed by atoms with E-state index in [2.05, 4.69) is 10.6 Å². The van der Waals surface area contributed by atoms with E-state index in [1.165, 1.54) is 6.08 Å². The van der Waals surface area contributed by atoms with Gasteiger partial charge in [-0.05, 0) is 48.1 Å². The van der Waals surface area contributed by atoms with E-state index in [0.29, 0.717) is 28.5 Å². The Kier molecular flexibility index (Phi) is 6.46. The van der Waals surface area contributed by atoms with Crippen molar-refractivity contribution in [3.8, 4) is 17.2 Å². The summed E-state index contributed by atoms with van der Waals surface area (Å²) in [6.07, 6.45) is 3.04. The van der Waals surface area contributed by atoms with Gasteiger partial charge in [0.2, 0.25) is 5.91 Å². The number of methoxy groups -OCH3 is 3. The number of benzene rings is 3. The first kappa shape index (κ1) is 22.2. The zero-order valence-electron chi connectivity index (χ0n) is 18.3. The third kappa shape index (κ3) is 4.75. The van der Waals surface area contributed by atoms with Crippen molar-refractivity contribution in [3.63, 3.8) is 0 Å². The molecule has 0 spiro atoms. The number of carbonyl (C=O) groups excluding carboxylic acids is 1. The standard InChI is InChI=1S/C25H22N2O5S/c1-29-20-10-8-15(12-23(20)31-3)9-11-24(28)27-25(33)26-18-14-21-17(13-22(18)30-2)16-6-4-5-7-19(16)32-21/h4-14H,1-3H3,(H2,26,27,28,33)/b11-9+. The molecule has 168 valence electrons. The molecule has 3 aromatic carbocycles. The number of nitrogens with one attached hydrogen (secondary N) is 2. The van der Waals surface area contributed by atoms with Crippen LogP contribution in [0, 0.1) is 0 Å². The maximum Gasteiger partial charge on any atom is 0.250 e. The summed E-state index contributed by atoms with van der Waals surface area (Å²) in [5, 5.41) is 7.69. The second kappa shape index (κ2) is 9.62. The molecule has 0 aliphatic carbocycles. The Hall–Kier alpha value is -4.04. The predicted octanol–water partition coefficient (Wildman–Crippen LogP) is 5.14. The average Bonchev–Trinajstić information content (AvgIpc) is 3.19. The van der Waals surface area contributed by atoms with Gasteiger partial charge >= 0.3 is 0 Å². The van der Waals surface area contributed by atoms with Crippen LogP contribution in [0.2, 0.25) is 0 Å². The van der Waals surface area contributed by atoms with Crippen LogP contribution in [0.3, 0.4) is 0 Å². The molecule has 0 atom stereocenters. The summed E-state index contributed by atoms with van der Waals surface area (Å²) < 4.78 is 21.9. The normalized spacial score (nSPS) is 11.0. The van der Waals surface area contributed by atoms with E-state index in [9.17, 15) is 4.79 Å². The smallest absolute Gasteiger partial charge is 0.250 e. The van der Waals surface area contributed by atoms with Crippen molar-refractivity contribution in [2.45, 2.75) is 0 Å². The fraction of sp³-hybridized carbons (Fsp3) is 0.120. The molecule has 4 rings (SSSR count). The molecule has 4 aromatic rings. The molecule has 1 amide bonds. The zero-order chi connectivity index (χ0) is 23.4. The number of anilines is 1. The van der Waals surface area contributed by atoms with Gasteiger partial charge in [0.1, 0.15) is 16.9 Å². The SMILES string of the molecule is COc1cc2c(cc1NC(=S)NC(=O)/C=C/c1ccc(OC)c(OC)c1)oc1ccccc12. The Labute approximate surface area is 195 Å². The third-order valence-electron chi connectivity index (χ3n) is 5.02. The minimum absolute atomic E-state index is 0.130. The van der Waals surface area contributed by atoms with Crippen LogP contribution in [0.1, 0.15) is 5.56 Å². The molecule has 0 aliphatic heterocycles. The van der Waals surface area contributed by atoms with Gasteiger partial charge in [0, 0.05) is 22.9 Å². The molecular formula is C25H22N2O5S. The lowest BCUT2D eigenvalue weighted by molar-refractivity contribution is -0.115. The Balaban J connectivity index is 1.47. The summed E-state index contributed by atoms with van der Waals surface area (Å²) in [5.74, 6) is 1.38. The van der Waals surface area contributed by atoms with Gasteiger partial charge in [0.25, 0.3) is 0 Å². The predicted molar refractivity (Wildman–Crippen MR) is 133 cm³/mol. The van der Waals surface area contributed by atoms with Crippen molar-refractivity contribution in [2.24, 2.45) is 0 Å². The summed E-state index contributed by atoms with van der Waals surface area (Å²) in [4.78, 5) is 12.3. The number of hydrogen-bond acceptors (Lipinski definition) is 6. The minimum Gasteiger partial charge on any atom is -0.495 e. The fourth-order valence-electron chi connectivity index (χ4n) is 3.45. The number of carbonyl (C=O) groups is 1. The van der Waals surface area contributed by atoms with Gasteiger partial charge < -0.3 is 23.9 Å². The number of para-hydroxylation sites is 1. The number of fused-ring (bicyclic) bond motifs is 3. The highest BCUT2D eigenvalue weighted by molar-refractivity contribution is 7.80. The minimum atomic E-state index is -0.383. The van der Waals surface area contributed by atoms with Gasteiger partial charge in [-0.3, -0.25) is 10.1 Å². The maximum atomic E-state index is 12.3. The van der Waals surface area contributed by atoms with Crippen molar-refractivity contribution in [2.75, 3.05) is 26.6 Å². The molecular weight excluding hydrogens is 440 g/mol. The zero-order valence-corrected chi connectivity index (χ0v) is 19.1. The Morgan fingerprint density at radius 2 is 1.64 bits per heavy atom. The van der Waals surface area contributed by atoms with E-state index in [0.717, 1.165) is 21.9 Å². The molecule has 8 heteroatoms. The highest BCUT2D eigenvalue weighted by Crippen LogP contribution is 2.36. The van der Waals surface area contributed by atoms with E-state index in [-0.39, 0.29) is 11.0 Å². The molecule has 0 saturated heterocycles. The van der Waals surface area contributed by atoms with Crippen LogP contribution in [-0.4, -0.2) is 32.3 Å². The van der Waals surface area contributed by atoms with Crippen molar-refractivity contribution in [1.29, 1.82) is 0 Å². The van der Waals surface area contributed by atoms with Gasteiger partial charge in [0.05, 0.1) is 27.0 Å². The topological polar surface area (TPSA) is 82.0 Å². The first-order chi connectivity index (χ1) is 16.0. The van der Waals surface area contributed by atoms with Crippen LogP contribution in [0.25, 0.3) is 28.0 Å². The summed E-state index contributed by atoms with van der Waals surface area (Å²) in [7, 11) is 4.69. The molecule has 0 radical (unpaired) electrons. The summed E-state index contributed by atoms with van der Waals surface area (Å²) in [5.41, 5.74) is 2.82. The highest BCUT2D eigenvalue weighted by Gasteiger charge is 2.13. The lowest BCUT2D eigenvalue weighted by Crippen LogP contribution is -2.32. The molecule has 0 unspecified atom stereocenters. The number of furan rings is 1. The van der Waals surface area contributed by atoms with Crippen molar-refractivity contribution in [3.05, 3.63) is 66.2 Å². The Morgan fingerprint density at radius 3 is 2.39 bits per heavy atom. The number of amides is 1. The molecule has 0 aliphatic rings. The van der Waals surface area contributed by atoms with Gasteiger partial charge in [-0.2, -0.15) is 0 Å². The number of thiocarbonyl (C=S) groups is 1. The quantitative estimate of drug-likeness (QED) is 0.303. The van der Waals surface area contributed by atoms with Crippen LogP contribution >= 0.6 is 12.2 Å². The van der Waals surface area contributed by atoms with Gasteiger partial charge in [-0.25, -0.2) is 0 Å². The Bertz CT molecular complexity index is 1380. The van der Waals surface area contributed by atoms with Gasteiger partial charge in [0.15, 0.2) is 16.6 Å². The van der Waals surface area contributed by atoms with Crippen molar-refractivity contribution in [1.82, 2.24) is 5.32 Å². The summed E-state index contributed by atoms with van der Waals surface area (Å²) >= 11 is 5.31. The molecule has 0 fully saturated rings. The monoisotopic (exact) mass is 462 g/mol. The second-order valence-electron chi connectivity index (χ2n) is 7.04. The summed E-state index contributed by atoms with van der Waals surface area (Å²) in [6.45, 7) is 0. The third-order valence-corrected chi connectivity index (χ3v) is 5.22. The molecule has 0 saturated carbocycles. The maximum absolute atomic E-state index is 12.3. The lowest BCUT2D eigenvalue weighted by atomic mass is 10.1. The first-order valence-electron chi connectivity index (χ1n) is 10.0. The van der Waals surface area contributed by atoms with E-state index in [1.54, 1.807) is 45.6 Å². The molecule has 33 heavy (non-hydrogen) atoms. The van der Waals surface area contributed by atoms with E-state index >= 15 is 0 Å². The van der Waals surface area contributed by atoms with E-state index < -0.39 is 0 Å². The van der Waals surface area contributed by atoms with Gasteiger partial charge in [-0.15, -0.1) is 0 Å². The van der Waals surface area contributed by atoms with E-state index in [1.807, 2.05) is 36.4 Å². The number of ether oxygens (including phenoxy) is 3. The average molecular weight is 463 g/mol.